The second-order valence-electron chi connectivity index (χ2n) is 5.28. The van der Waals surface area contributed by atoms with Gasteiger partial charge in [0, 0.05) is 11.8 Å². The molecule has 0 spiro atoms. The third-order valence-corrected chi connectivity index (χ3v) is 3.68. The van der Waals surface area contributed by atoms with Crippen LogP contribution >= 0.6 is 0 Å². The van der Waals surface area contributed by atoms with E-state index in [9.17, 15) is 4.79 Å². The van der Waals surface area contributed by atoms with Crippen molar-refractivity contribution in [2.45, 2.75) is 26.4 Å². The molecule has 0 aromatic heterocycles. The molecule has 1 unspecified atom stereocenters. The monoisotopic (exact) mass is 329 g/mol. The molecule has 5 nitrogen and oxygen atoms in total. The second kappa shape index (κ2) is 8.24. The number of ether oxygens (including phenoxy) is 3. The highest BCUT2D eigenvalue weighted by Crippen LogP contribution is 2.30. The van der Waals surface area contributed by atoms with E-state index in [4.69, 9.17) is 14.2 Å². The van der Waals surface area contributed by atoms with Crippen molar-refractivity contribution >= 4 is 11.6 Å². The summed E-state index contributed by atoms with van der Waals surface area (Å²) in [6, 6.07) is 12.9. The average molecular weight is 329 g/mol. The number of benzene rings is 2. The molecule has 2 aromatic carbocycles. The predicted molar refractivity (Wildman–Crippen MR) is 94.1 cm³/mol. The minimum atomic E-state index is -0.620. The molecule has 0 saturated heterocycles. The van der Waals surface area contributed by atoms with Crippen molar-refractivity contribution in [3.05, 3.63) is 48.0 Å². The summed E-state index contributed by atoms with van der Waals surface area (Å²) in [6.45, 7) is 3.78. The summed E-state index contributed by atoms with van der Waals surface area (Å²) in [4.78, 5) is 12.4. The van der Waals surface area contributed by atoms with Crippen LogP contribution in [0.3, 0.4) is 0 Å². The Balaban J connectivity index is 2.06. The largest absolute Gasteiger partial charge is 0.493 e. The summed E-state index contributed by atoms with van der Waals surface area (Å²) in [5, 5.41) is 2.83. The van der Waals surface area contributed by atoms with E-state index in [1.807, 2.05) is 24.3 Å². The quantitative estimate of drug-likeness (QED) is 0.842. The molecule has 0 aliphatic heterocycles. The SMILES string of the molecule is CCc1ccccc1OC(C)C(=O)Nc1ccc(OC)c(OC)c1. The predicted octanol–water partition coefficient (Wildman–Crippen LogP) is 3.67. The minimum absolute atomic E-state index is 0.229. The lowest BCUT2D eigenvalue weighted by Gasteiger charge is -2.17. The Morgan fingerprint density at radius 1 is 1.04 bits per heavy atom. The Morgan fingerprint density at radius 3 is 2.42 bits per heavy atom. The van der Waals surface area contributed by atoms with Crippen molar-refractivity contribution in [1.29, 1.82) is 0 Å². The zero-order valence-corrected chi connectivity index (χ0v) is 14.5. The number of carbonyl (C=O) groups excluding carboxylic acids is 1. The van der Waals surface area contributed by atoms with Crippen LogP contribution in [0.15, 0.2) is 42.5 Å². The molecule has 0 bridgehead atoms. The maximum Gasteiger partial charge on any atom is 0.265 e. The highest BCUT2D eigenvalue weighted by atomic mass is 16.5. The van der Waals surface area contributed by atoms with Gasteiger partial charge < -0.3 is 19.5 Å². The maximum absolute atomic E-state index is 12.4. The first-order valence-electron chi connectivity index (χ1n) is 7.86. The van der Waals surface area contributed by atoms with Gasteiger partial charge in [0.15, 0.2) is 17.6 Å². The summed E-state index contributed by atoms with van der Waals surface area (Å²) in [6.07, 6.45) is 0.228. The van der Waals surface area contributed by atoms with Gasteiger partial charge >= 0.3 is 0 Å². The molecular weight excluding hydrogens is 306 g/mol. The van der Waals surface area contributed by atoms with Crippen LogP contribution in [-0.2, 0) is 11.2 Å². The van der Waals surface area contributed by atoms with Crippen LogP contribution in [0, 0.1) is 0 Å². The maximum atomic E-state index is 12.4. The van der Waals surface area contributed by atoms with Crippen LogP contribution in [0.25, 0.3) is 0 Å². The number of nitrogens with one attached hydrogen (secondary N) is 1. The van der Waals surface area contributed by atoms with Crippen LogP contribution in [0.4, 0.5) is 5.69 Å². The van der Waals surface area contributed by atoms with Gasteiger partial charge in [0.2, 0.25) is 0 Å². The highest BCUT2D eigenvalue weighted by Gasteiger charge is 2.17. The van der Waals surface area contributed by atoms with Crippen LogP contribution in [0.5, 0.6) is 17.2 Å². The van der Waals surface area contributed by atoms with Crippen molar-refractivity contribution < 1.29 is 19.0 Å². The molecule has 0 heterocycles. The fourth-order valence-corrected chi connectivity index (χ4v) is 2.31. The number of methoxy groups -OCH3 is 2. The van der Waals surface area contributed by atoms with Crippen LogP contribution < -0.4 is 19.5 Å². The Hall–Kier alpha value is -2.69. The molecule has 2 aromatic rings. The van der Waals surface area contributed by atoms with Crippen molar-refractivity contribution in [1.82, 2.24) is 0 Å². The minimum Gasteiger partial charge on any atom is -0.493 e. The number of anilines is 1. The molecule has 0 saturated carbocycles. The Labute approximate surface area is 142 Å². The fraction of sp³-hybridized carbons (Fsp3) is 0.316. The van der Waals surface area contributed by atoms with E-state index in [2.05, 4.69) is 12.2 Å². The summed E-state index contributed by atoms with van der Waals surface area (Å²) < 4.78 is 16.2. The number of amides is 1. The first-order chi connectivity index (χ1) is 11.6. The first-order valence-corrected chi connectivity index (χ1v) is 7.86. The molecule has 1 amide bonds. The second-order valence-corrected chi connectivity index (χ2v) is 5.28. The van der Waals surface area contributed by atoms with E-state index >= 15 is 0 Å². The third kappa shape index (κ3) is 4.19. The molecule has 0 radical (unpaired) electrons. The normalized spacial score (nSPS) is 11.5. The molecule has 24 heavy (non-hydrogen) atoms. The van der Waals surface area contributed by atoms with Gasteiger partial charge in [-0.05, 0) is 37.1 Å². The zero-order chi connectivity index (χ0) is 17.5. The molecule has 5 heteroatoms. The van der Waals surface area contributed by atoms with E-state index in [1.165, 1.54) is 0 Å². The number of para-hydroxylation sites is 1. The van der Waals surface area contributed by atoms with Gasteiger partial charge in [0.1, 0.15) is 5.75 Å². The van der Waals surface area contributed by atoms with Crippen LogP contribution in [0.2, 0.25) is 0 Å². The standard InChI is InChI=1S/C19H23NO4/c1-5-14-8-6-7-9-16(14)24-13(2)19(21)20-15-10-11-17(22-3)18(12-15)23-4/h6-13H,5H2,1-4H3,(H,20,21). The summed E-state index contributed by atoms with van der Waals surface area (Å²) in [7, 11) is 3.12. The van der Waals surface area contributed by atoms with Crippen LogP contribution in [0.1, 0.15) is 19.4 Å². The number of rotatable bonds is 7. The van der Waals surface area contributed by atoms with Crippen molar-refractivity contribution in [2.24, 2.45) is 0 Å². The third-order valence-electron chi connectivity index (χ3n) is 3.68. The van der Waals surface area contributed by atoms with E-state index in [0.717, 1.165) is 17.7 Å². The zero-order valence-electron chi connectivity index (χ0n) is 14.5. The van der Waals surface area contributed by atoms with Gasteiger partial charge in [0.05, 0.1) is 14.2 Å². The summed E-state index contributed by atoms with van der Waals surface area (Å²) >= 11 is 0. The molecule has 2 rings (SSSR count). The number of aryl methyl sites for hydroxylation is 1. The molecule has 0 aliphatic carbocycles. The molecule has 0 aliphatic rings. The Morgan fingerprint density at radius 2 is 1.75 bits per heavy atom. The van der Waals surface area contributed by atoms with E-state index in [1.54, 1.807) is 39.3 Å². The van der Waals surface area contributed by atoms with Gasteiger partial charge in [-0.1, -0.05) is 25.1 Å². The van der Waals surface area contributed by atoms with Gasteiger partial charge in [-0.15, -0.1) is 0 Å². The summed E-state index contributed by atoms with van der Waals surface area (Å²) in [5.74, 6) is 1.67. The van der Waals surface area contributed by atoms with Crippen molar-refractivity contribution in [2.75, 3.05) is 19.5 Å². The number of hydrogen-bond donors (Lipinski definition) is 1. The lowest BCUT2D eigenvalue weighted by molar-refractivity contribution is -0.122. The number of carbonyl (C=O) groups is 1. The van der Waals surface area contributed by atoms with Gasteiger partial charge in [-0.3, -0.25) is 4.79 Å². The highest BCUT2D eigenvalue weighted by molar-refractivity contribution is 5.94. The van der Waals surface area contributed by atoms with E-state index < -0.39 is 6.10 Å². The smallest absolute Gasteiger partial charge is 0.265 e. The Bertz CT molecular complexity index is 700. The van der Waals surface area contributed by atoms with Crippen molar-refractivity contribution in [3.8, 4) is 17.2 Å². The van der Waals surface area contributed by atoms with Gasteiger partial charge in [0.25, 0.3) is 5.91 Å². The van der Waals surface area contributed by atoms with Crippen molar-refractivity contribution in [3.63, 3.8) is 0 Å². The lowest BCUT2D eigenvalue weighted by Crippen LogP contribution is -2.30. The topological polar surface area (TPSA) is 56.8 Å². The molecule has 128 valence electrons. The number of hydrogen-bond acceptors (Lipinski definition) is 4. The Kier molecular flexibility index (Phi) is 6.07. The van der Waals surface area contributed by atoms with Gasteiger partial charge in [-0.2, -0.15) is 0 Å². The first kappa shape index (κ1) is 17.7. The average Bonchev–Trinajstić information content (AvgIpc) is 2.61. The molecule has 1 atom stereocenters. The van der Waals surface area contributed by atoms with Crippen LogP contribution in [-0.4, -0.2) is 26.2 Å². The lowest BCUT2D eigenvalue weighted by atomic mass is 10.1. The molecule has 1 N–H and O–H groups in total. The molecule has 0 fully saturated rings. The molecular formula is C19H23NO4. The van der Waals surface area contributed by atoms with Gasteiger partial charge in [-0.25, -0.2) is 0 Å². The summed E-state index contributed by atoms with van der Waals surface area (Å²) in [5.41, 5.74) is 1.69. The fourth-order valence-electron chi connectivity index (χ4n) is 2.31. The van der Waals surface area contributed by atoms with E-state index in [-0.39, 0.29) is 5.91 Å². The van der Waals surface area contributed by atoms with E-state index in [0.29, 0.717) is 17.2 Å².